The molecule has 3 nitrogen and oxygen atoms in total. The summed E-state index contributed by atoms with van der Waals surface area (Å²) < 4.78 is 0. The van der Waals surface area contributed by atoms with Crippen molar-refractivity contribution in [1.29, 1.82) is 0 Å². The van der Waals surface area contributed by atoms with E-state index in [9.17, 15) is 4.79 Å². The Balaban J connectivity index is 1.78. The number of carbonyl (C=O) groups excluding carboxylic acids is 1. The van der Waals surface area contributed by atoms with Crippen LogP contribution in [0.3, 0.4) is 0 Å². The molecular weight excluding hydrogens is 292 g/mol. The Morgan fingerprint density at radius 1 is 1.09 bits per heavy atom. The highest BCUT2D eigenvalue weighted by Gasteiger charge is 2.10. The monoisotopic (exact) mass is 308 g/mol. The third-order valence-electron chi connectivity index (χ3n) is 3.67. The van der Waals surface area contributed by atoms with E-state index in [0.717, 1.165) is 27.4 Å². The molecule has 22 heavy (non-hydrogen) atoms. The van der Waals surface area contributed by atoms with Crippen LogP contribution in [0.4, 0.5) is 5.69 Å². The SMILES string of the molecule is Cc1cccc(C(=O)Nc2ccc(-c3nccs3)cc2)c1C. The van der Waals surface area contributed by atoms with Gasteiger partial charge in [-0.05, 0) is 55.3 Å². The lowest BCUT2D eigenvalue weighted by atomic mass is 10.0. The number of carbonyl (C=O) groups is 1. The molecule has 0 aliphatic rings. The standard InChI is InChI=1S/C18H16N2OS/c1-12-4-3-5-16(13(12)2)17(21)20-15-8-6-14(7-9-15)18-19-10-11-22-18/h3-11H,1-2H3,(H,20,21). The number of rotatable bonds is 3. The predicted octanol–water partition coefficient (Wildman–Crippen LogP) is 4.68. The van der Waals surface area contributed by atoms with Crippen molar-refractivity contribution >= 4 is 22.9 Å². The van der Waals surface area contributed by atoms with Gasteiger partial charge in [0.25, 0.3) is 5.91 Å². The third kappa shape index (κ3) is 2.92. The first-order valence-electron chi connectivity index (χ1n) is 7.02. The molecule has 0 aliphatic carbocycles. The van der Waals surface area contributed by atoms with E-state index in [1.54, 1.807) is 17.5 Å². The molecule has 3 aromatic rings. The van der Waals surface area contributed by atoms with Crippen molar-refractivity contribution in [3.63, 3.8) is 0 Å². The summed E-state index contributed by atoms with van der Waals surface area (Å²) in [5.41, 5.74) is 4.68. The maximum atomic E-state index is 12.4. The van der Waals surface area contributed by atoms with E-state index >= 15 is 0 Å². The van der Waals surface area contributed by atoms with E-state index < -0.39 is 0 Å². The van der Waals surface area contributed by atoms with Crippen LogP contribution in [0, 0.1) is 13.8 Å². The number of aromatic nitrogens is 1. The molecule has 0 aliphatic heterocycles. The van der Waals surface area contributed by atoms with Crippen LogP contribution in [0.2, 0.25) is 0 Å². The lowest BCUT2D eigenvalue weighted by Gasteiger charge is -2.09. The summed E-state index contributed by atoms with van der Waals surface area (Å²) in [4.78, 5) is 16.7. The summed E-state index contributed by atoms with van der Waals surface area (Å²) in [5.74, 6) is -0.0804. The van der Waals surface area contributed by atoms with Gasteiger partial charge >= 0.3 is 0 Å². The molecular formula is C18H16N2OS. The highest BCUT2D eigenvalue weighted by atomic mass is 32.1. The van der Waals surface area contributed by atoms with Crippen LogP contribution < -0.4 is 5.32 Å². The molecule has 1 N–H and O–H groups in total. The fourth-order valence-electron chi connectivity index (χ4n) is 2.26. The van der Waals surface area contributed by atoms with Gasteiger partial charge in [-0.25, -0.2) is 4.98 Å². The molecule has 1 amide bonds. The highest BCUT2D eigenvalue weighted by Crippen LogP contribution is 2.23. The summed E-state index contributed by atoms with van der Waals surface area (Å²) in [5, 5.41) is 5.87. The molecule has 1 aromatic heterocycles. The molecule has 4 heteroatoms. The number of nitrogens with one attached hydrogen (secondary N) is 1. The molecule has 0 saturated carbocycles. The second-order valence-corrected chi connectivity index (χ2v) is 6.01. The summed E-state index contributed by atoms with van der Waals surface area (Å²) >= 11 is 1.60. The van der Waals surface area contributed by atoms with Gasteiger partial charge in [0.15, 0.2) is 0 Å². The second kappa shape index (κ2) is 6.12. The maximum Gasteiger partial charge on any atom is 0.255 e. The number of amides is 1. The Bertz CT molecular complexity index is 792. The summed E-state index contributed by atoms with van der Waals surface area (Å²) in [6.07, 6.45) is 1.79. The number of benzene rings is 2. The lowest BCUT2D eigenvalue weighted by Crippen LogP contribution is -2.13. The van der Waals surface area contributed by atoms with Gasteiger partial charge in [0.2, 0.25) is 0 Å². The van der Waals surface area contributed by atoms with Crippen LogP contribution in [-0.4, -0.2) is 10.9 Å². The van der Waals surface area contributed by atoms with Gasteiger partial charge in [0.05, 0.1) is 0 Å². The van der Waals surface area contributed by atoms with Crippen molar-refractivity contribution in [2.45, 2.75) is 13.8 Å². The van der Waals surface area contributed by atoms with Gasteiger partial charge in [-0.15, -0.1) is 11.3 Å². The fourth-order valence-corrected chi connectivity index (χ4v) is 2.90. The summed E-state index contributed by atoms with van der Waals surface area (Å²) in [7, 11) is 0. The molecule has 0 spiro atoms. The molecule has 0 radical (unpaired) electrons. The first kappa shape index (κ1) is 14.5. The third-order valence-corrected chi connectivity index (χ3v) is 4.49. The van der Waals surface area contributed by atoms with E-state index in [-0.39, 0.29) is 5.91 Å². The van der Waals surface area contributed by atoms with Gasteiger partial charge in [0.1, 0.15) is 5.01 Å². The number of hydrogen-bond acceptors (Lipinski definition) is 3. The lowest BCUT2D eigenvalue weighted by molar-refractivity contribution is 0.102. The van der Waals surface area contributed by atoms with Gasteiger partial charge in [0, 0.05) is 28.4 Å². The average molecular weight is 308 g/mol. The second-order valence-electron chi connectivity index (χ2n) is 5.12. The van der Waals surface area contributed by atoms with Crippen molar-refractivity contribution < 1.29 is 4.79 Å². The van der Waals surface area contributed by atoms with E-state index in [1.807, 2.05) is 61.7 Å². The van der Waals surface area contributed by atoms with Crippen LogP contribution in [0.15, 0.2) is 54.0 Å². The normalized spacial score (nSPS) is 10.5. The first-order chi connectivity index (χ1) is 10.6. The molecule has 110 valence electrons. The molecule has 3 rings (SSSR count). The van der Waals surface area contributed by atoms with Crippen LogP contribution in [0.5, 0.6) is 0 Å². The molecule has 0 atom stereocenters. The molecule has 0 fully saturated rings. The minimum absolute atomic E-state index is 0.0804. The number of aryl methyl sites for hydroxylation is 1. The minimum Gasteiger partial charge on any atom is -0.322 e. The van der Waals surface area contributed by atoms with Gasteiger partial charge < -0.3 is 5.32 Å². The van der Waals surface area contributed by atoms with Crippen molar-refractivity contribution in [3.05, 3.63) is 70.7 Å². The zero-order valence-electron chi connectivity index (χ0n) is 12.5. The van der Waals surface area contributed by atoms with Crippen molar-refractivity contribution in [2.75, 3.05) is 5.32 Å². The Hall–Kier alpha value is -2.46. The van der Waals surface area contributed by atoms with Crippen LogP contribution in [0.1, 0.15) is 21.5 Å². The van der Waals surface area contributed by atoms with E-state index in [4.69, 9.17) is 0 Å². The van der Waals surface area contributed by atoms with Gasteiger partial charge in [-0.3, -0.25) is 4.79 Å². The Morgan fingerprint density at radius 2 is 1.86 bits per heavy atom. The average Bonchev–Trinajstić information content (AvgIpc) is 3.05. The van der Waals surface area contributed by atoms with E-state index in [0.29, 0.717) is 5.56 Å². The van der Waals surface area contributed by atoms with Crippen molar-refractivity contribution in [3.8, 4) is 10.6 Å². The highest BCUT2D eigenvalue weighted by molar-refractivity contribution is 7.13. The molecule has 1 heterocycles. The Labute approximate surface area is 133 Å². The zero-order valence-corrected chi connectivity index (χ0v) is 13.3. The Morgan fingerprint density at radius 3 is 2.55 bits per heavy atom. The van der Waals surface area contributed by atoms with Crippen molar-refractivity contribution in [1.82, 2.24) is 4.98 Å². The van der Waals surface area contributed by atoms with Gasteiger partial charge in [-0.2, -0.15) is 0 Å². The zero-order chi connectivity index (χ0) is 15.5. The fraction of sp³-hybridized carbons (Fsp3) is 0.111. The van der Waals surface area contributed by atoms with E-state index in [1.165, 1.54) is 0 Å². The molecule has 2 aromatic carbocycles. The van der Waals surface area contributed by atoms with Crippen molar-refractivity contribution in [2.24, 2.45) is 0 Å². The van der Waals surface area contributed by atoms with Crippen LogP contribution in [0.25, 0.3) is 10.6 Å². The Kier molecular flexibility index (Phi) is 4.02. The number of hydrogen-bond donors (Lipinski definition) is 1. The largest absolute Gasteiger partial charge is 0.322 e. The quantitative estimate of drug-likeness (QED) is 0.763. The minimum atomic E-state index is -0.0804. The topological polar surface area (TPSA) is 42.0 Å². The summed E-state index contributed by atoms with van der Waals surface area (Å²) in [6, 6.07) is 13.5. The van der Waals surface area contributed by atoms with Crippen LogP contribution in [-0.2, 0) is 0 Å². The first-order valence-corrected chi connectivity index (χ1v) is 7.90. The van der Waals surface area contributed by atoms with E-state index in [2.05, 4.69) is 10.3 Å². The number of thiazole rings is 1. The molecule has 0 saturated heterocycles. The van der Waals surface area contributed by atoms with Gasteiger partial charge in [-0.1, -0.05) is 12.1 Å². The number of anilines is 1. The number of nitrogens with zero attached hydrogens (tertiary/aromatic N) is 1. The summed E-state index contributed by atoms with van der Waals surface area (Å²) in [6.45, 7) is 3.98. The van der Waals surface area contributed by atoms with Crippen LogP contribution >= 0.6 is 11.3 Å². The smallest absolute Gasteiger partial charge is 0.255 e. The maximum absolute atomic E-state index is 12.4. The molecule has 0 unspecified atom stereocenters. The predicted molar refractivity (Wildman–Crippen MR) is 91.4 cm³/mol. The molecule has 0 bridgehead atoms.